The Kier molecular flexibility index (Phi) is 7.34. The van der Waals surface area contributed by atoms with Crippen LogP contribution in [-0.4, -0.2) is 30.2 Å². The van der Waals surface area contributed by atoms with E-state index in [9.17, 15) is 9.59 Å². The monoisotopic (exact) mass is 406 g/mol. The highest BCUT2D eigenvalue weighted by Gasteiger charge is 2.15. The maximum atomic E-state index is 12.0. The summed E-state index contributed by atoms with van der Waals surface area (Å²) in [6.07, 6.45) is 0. The van der Waals surface area contributed by atoms with Crippen molar-refractivity contribution in [1.82, 2.24) is 10.6 Å². The van der Waals surface area contributed by atoms with Gasteiger partial charge in [0.1, 0.15) is 6.04 Å². The van der Waals surface area contributed by atoms with Crippen LogP contribution in [-0.2, 0) is 4.79 Å². The maximum absolute atomic E-state index is 12.0. The van der Waals surface area contributed by atoms with E-state index in [1.165, 1.54) is 0 Å². The Morgan fingerprint density at radius 2 is 1.75 bits per heavy atom. The third-order valence-electron chi connectivity index (χ3n) is 3.26. The summed E-state index contributed by atoms with van der Waals surface area (Å²) in [7, 11) is 0. The molecule has 2 N–H and O–H groups in total. The van der Waals surface area contributed by atoms with Crippen molar-refractivity contribution < 1.29 is 9.59 Å². The summed E-state index contributed by atoms with van der Waals surface area (Å²) in [5.74, 6) is 0.338. The van der Waals surface area contributed by atoms with E-state index in [1.807, 2.05) is 30.3 Å². The number of amides is 2. The van der Waals surface area contributed by atoms with E-state index in [4.69, 9.17) is 0 Å². The first-order chi connectivity index (χ1) is 11.6. The van der Waals surface area contributed by atoms with Crippen LogP contribution in [0.5, 0.6) is 0 Å². The average Bonchev–Trinajstić information content (AvgIpc) is 2.60. The minimum absolute atomic E-state index is 0.185. The van der Waals surface area contributed by atoms with Gasteiger partial charge in [-0.05, 0) is 43.3 Å². The molecule has 0 heterocycles. The molecule has 0 aliphatic heterocycles. The van der Waals surface area contributed by atoms with Crippen molar-refractivity contribution in [2.24, 2.45) is 0 Å². The second kappa shape index (κ2) is 9.49. The van der Waals surface area contributed by atoms with E-state index < -0.39 is 6.04 Å². The molecule has 0 saturated carbocycles. The van der Waals surface area contributed by atoms with Crippen LogP contribution in [0.1, 0.15) is 17.3 Å². The summed E-state index contributed by atoms with van der Waals surface area (Å²) < 4.78 is 1.04. The standard InChI is InChI=1S/C18H19BrN2O2S/c1-13(21-18(23)14-5-3-2-4-6-14)17(22)20-11-12-24-16-9-7-15(19)8-10-16/h2-10,13H,11-12H2,1H3,(H,20,22)(H,21,23). The average molecular weight is 407 g/mol. The van der Waals surface area contributed by atoms with Crippen molar-refractivity contribution in [2.45, 2.75) is 17.9 Å². The molecule has 0 bridgehead atoms. The molecule has 0 fully saturated rings. The molecule has 126 valence electrons. The number of nitrogens with one attached hydrogen (secondary N) is 2. The fourth-order valence-electron chi connectivity index (χ4n) is 1.96. The summed E-state index contributed by atoms with van der Waals surface area (Å²) in [4.78, 5) is 25.2. The van der Waals surface area contributed by atoms with Crippen molar-refractivity contribution >= 4 is 39.5 Å². The number of hydrogen-bond acceptors (Lipinski definition) is 3. The second-order valence-electron chi connectivity index (χ2n) is 5.15. The van der Waals surface area contributed by atoms with Crippen LogP contribution in [0.2, 0.25) is 0 Å². The van der Waals surface area contributed by atoms with Crippen LogP contribution in [0.25, 0.3) is 0 Å². The van der Waals surface area contributed by atoms with Crippen molar-refractivity contribution in [1.29, 1.82) is 0 Å². The summed E-state index contributed by atoms with van der Waals surface area (Å²) in [6.45, 7) is 2.23. The van der Waals surface area contributed by atoms with Crippen LogP contribution in [0.4, 0.5) is 0 Å². The van der Waals surface area contributed by atoms with Gasteiger partial charge in [-0.3, -0.25) is 9.59 Å². The quantitative estimate of drug-likeness (QED) is 0.546. The van der Waals surface area contributed by atoms with Crippen LogP contribution < -0.4 is 10.6 Å². The maximum Gasteiger partial charge on any atom is 0.251 e. The molecule has 4 nitrogen and oxygen atoms in total. The molecule has 2 aromatic rings. The topological polar surface area (TPSA) is 58.2 Å². The Morgan fingerprint density at radius 3 is 2.42 bits per heavy atom. The molecule has 0 aromatic heterocycles. The van der Waals surface area contributed by atoms with E-state index in [1.54, 1.807) is 43.0 Å². The Hall–Kier alpha value is -1.79. The molecule has 2 amide bonds. The number of carbonyl (C=O) groups is 2. The largest absolute Gasteiger partial charge is 0.353 e. The lowest BCUT2D eigenvalue weighted by molar-refractivity contribution is -0.122. The van der Waals surface area contributed by atoms with E-state index in [2.05, 4.69) is 26.6 Å². The molecule has 0 spiro atoms. The minimum atomic E-state index is -0.574. The Bertz CT molecular complexity index is 677. The van der Waals surface area contributed by atoms with Crippen LogP contribution in [0.15, 0.2) is 64.0 Å². The molecule has 1 unspecified atom stereocenters. The van der Waals surface area contributed by atoms with Crippen LogP contribution in [0, 0.1) is 0 Å². The molecule has 2 aromatic carbocycles. The molecule has 6 heteroatoms. The predicted octanol–water partition coefficient (Wildman–Crippen LogP) is 3.48. The van der Waals surface area contributed by atoms with Gasteiger partial charge in [-0.1, -0.05) is 34.1 Å². The second-order valence-corrected chi connectivity index (χ2v) is 7.24. The fraction of sp³-hybridized carbons (Fsp3) is 0.222. The molecule has 0 aliphatic rings. The number of halogens is 1. The Morgan fingerprint density at radius 1 is 1.08 bits per heavy atom. The number of thioether (sulfide) groups is 1. The third-order valence-corrected chi connectivity index (χ3v) is 4.80. The first-order valence-corrected chi connectivity index (χ1v) is 9.36. The van der Waals surface area contributed by atoms with Gasteiger partial charge in [0.2, 0.25) is 5.91 Å². The van der Waals surface area contributed by atoms with Gasteiger partial charge in [0, 0.05) is 27.2 Å². The van der Waals surface area contributed by atoms with E-state index >= 15 is 0 Å². The molecular weight excluding hydrogens is 388 g/mol. The molecule has 0 aliphatic carbocycles. The van der Waals surface area contributed by atoms with Gasteiger partial charge in [-0.25, -0.2) is 0 Å². The molecule has 0 radical (unpaired) electrons. The van der Waals surface area contributed by atoms with Crippen LogP contribution in [0.3, 0.4) is 0 Å². The normalized spacial score (nSPS) is 11.6. The highest BCUT2D eigenvalue weighted by molar-refractivity contribution is 9.10. The smallest absolute Gasteiger partial charge is 0.251 e. The molecule has 24 heavy (non-hydrogen) atoms. The zero-order valence-corrected chi connectivity index (χ0v) is 15.7. The van der Waals surface area contributed by atoms with E-state index in [0.717, 1.165) is 15.1 Å². The zero-order chi connectivity index (χ0) is 17.4. The summed E-state index contributed by atoms with van der Waals surface area (Å²) in [6, 6.07) is 16.3. The van der Waals surface area contributed by atoms with Crippen LogP contribution >= 0.6 is 27.7 Å². The Labute approximate surface area is 154 Å². The first kappa shape index (κ1) is 18.5. The molecule has 1 atom stereocenters. The Balaban J connectivity index is 1.70. The van der Waals surface area contributed by atoms with Crippen molar-refractivity contribution in [3.8, 4) is 0 Å². The van der Waals surface area contributed by atoms with E-state index in [0.29, 0.717) is 12.1 Å². The summed E-state index contributed by atoms with van der Waals surface area (Å²) in [5, 5.41) is 5.53. The molecular formula is C18H19BrN2O2S. The lowest BCUT2D eigenvalue weighted by atomic mass is 10.2. The lowest BCUT2D eigenvalue weighted by Crippen LogP contribution is -2.45. The molecule has 0 saturated heterocycles. The number of benzene rings is 2. The van der Waals surface area contributed by atoms with Crippen molar-refractivity contribution in [3.63, 3.8) is 0 Å². The van der Waals surface area contributed by atoms with Crippen molar-refractivity contribution in [2.75, 3.05) is 12.3 Å². The predicted molar refractivity (Wildman–Crippen MR) is 101 cm³/mol. The minimum Gasteiger partial charge on any atom is -0.353 e. The highest BCUT2D eigenvalue weighted by atomic mass is 79.9. The van der Waals surface area contributed by atoms with Gasteiger partial charge in [0.15, 0.2) is 0 Å². The zero-order valence-electron chi connectivity index (χ0n) is 13.3. The van der Waals surface area contributed by atoms with Crippen molar-refractivity contribution in [3.05, 3.63) is 64.6 Å². The first-order valence-electron chi connectivity index (χ1n) is 7.58. The van der Waals surface area contributed by atoms with Gasteiger partial charge in [0.05, 0.1) is 0 Å². The van der Waals surface area contributed by atoms with Gasteiger partial charge < -0.3 is 10.6 Å². The number of hydrogen-bond donors (Lipinski definition) is 2. The fourth-order valence-corrected chi connectivity index (χ4v) is 2.99. The number of carbonyl (C=O) groups excluding carboxylic acids is 2. The third kappa shape index (κ3) is 6.02. The van der Waals surface area contributed by atoms with Gasteiger partial charge in [0.25, 0.3) is 5.91 Å². The van der Waals surface area contributed by atoms with Gasteiger partial charge in [-0.15, -0.1) is 11.8 Å². The number of rotatable bonds is 7. The highest BCUT2D eigenvalue weighted by Crippen LogP contribution is 2.19. The lowest BCUT2D eigenvalue weighted by Gasteiger charge is -2.14. The van der Waals surface area contributed by atoms with Gasteiger partial charge in [-0.2, -0.15) is 0 Å². The van der Waals surface area contributed by atoms with Gasteiger partial charge >= 0.3 is 0 Å². The SMILES string of the molecule is CC(NC(=O)c1ccccc1)C(=O)NCCSc1ccc(Br)cc1. The molecule has 2 rings (SSSR count). The summed E-state index contributed by atoms with van der Waals surface area (Å²) >= 11 is 5.07. The summed E-state index contributed by atoms with van der Waals surface area (Å²) in [5.41, 5.74) is 0.544. The van der Waals surface area contributed by atoms with E-state index in [-0.39, 0.29) is 11.8 Å².